The van der Waals surface area contributed by atoms with E-state index in [1.165, 1.54) is 13.2 Å². The second-order valence-electron chi connectivity index (χ2n) is 6.84. The Morgan fingerprint density at radius 2 is 2.00 bits per heavy atom. The van der Waals surface area contributed by atoms with Crippen LogP contribution in [0.25, 0.3) is 6.08 Å². The van der Waals surface area contributed by atoms with Gasteiger partial charge in [0.05, 0.1) is 12.0 Å². The number of hydrogen-bond donors (Lipinski definition) is 2. The number of nitrogens with zero attached hydrogens (tertiary/aromatic N) is 1. The minimum Gasteiger partial charge on any atom is -0.493 e. The second-order valence-corrected chi connectivity index (χ2v) is 8.27. The number of aryl methyl sites for hydroxylation is 1. The zero-order valence-electron chi connectivity index (χ0n) is 17.6. The molecule has 3 rings (SSSR count). The molecule has 9 nitrogen and oxygen atoms in total. The van der Waals surface area contributed by atoms with Gasteiger partial charge in [0, 0.05) is 16.3 Å². The Morgan fingerprint density at radius 1 is 1.24 bits per heavy atom. The summed E-state index contributed by atoms with van der Waals surface area (Å²) in [5.41, 5.74) is 1.60. The molecule has 0 radical (unpaired) electrons. The minimum atomic E-state index is -1.19. The van der Waals surface area contributed by atoms with Gasteiger partial charge in [0.1, 0.15) is 6.54 Å². The lowest BCUT2D eigenvalue weighted by molar-refractivity contribution is -0.139. The molecule has 1 fully saturated rings. The van der Waals surface area contributed by atoms with Gasteiger partial charge < -0.3 is 19.9 Å². The summed E-state index contributed by atoms with van der Waals surface area (Å²) < 4.78 is 10.5. The molecule has 0 aliphatic carbocycles. The molecule has 2 aromatic rings. The van der Waals surface area contributed by atoms with Crippen LogP contribution in [0.4, 0.5) is 10.5 Å². The number of amides is 3. The molecule has 172 valence electrons. The van der Waals surface area contributed by atoms with E-state index in [1.54, 1.807) is 43.3 Å². The average Bonchev–Trinajstić information content (AvgIpc) is 3.02. The number of carbonyl (C=O) groups excluding carboxylic acids is 3. The summed E-state index contributed by atoms with van der Waals surface area (Å²) >= 11 is 6.62. The summed E-state index contributed by atoms with van der Waals surface area (Å²) in [4.78, 5) is 49.5. The normalized spacial score (nSPS) is 14.5. The topological polar surface area (TPSA) is 122 Å². The minimum absolute atomic E-state index is 0.0557. The van der Waals surface area contributed by atoms with Crippen LogP contribution < -0.4 is 14.8 Å². The fraction of sp³-hybridized carbons (Fsp3) is 0.182. The quantitative estimate of drug-likeness (QED) is 0.536. The molecule has 33 heavy (non-hydrogen) atoms. The van der Waals surface area contributed by atoms with E-state index in [0.29, 0.717) is 28.0 Å². The molecular weight excluding hydrogens is 472 g/mol. The van der Waals surface area contributed by atoms with Crippen molar-refractivity contribution in [2.45, 2.75) is 6.92 Å². The number of carboxylic acid groups (broad SMARTS) is 1. The van der Waals surface area contributed by atoms with Crippen LogP contribution in [0.1, 0.15) is 11.1 Å². The average molecular weight is 491 g/mol. The summed E-state index contributed by atoms with van der Waals surface area (Å²) in [6.07, 6.45) is 1.39. The van der Waals surface area contributed by atoms with Crippen LogP contribution in [0.5, 0.6) is 11.5 Å². The van der Waals surface area contributed by atoms with Crippen molar-refractivity contribution in [1.29, 1.82) is 0 Å². The van der Waals surface area contributed by atoms with E-state index in [4.69, 9.17) is 26.2 Å². The molecule has 3 amide bonds. The van der Waals surface area contributed by atoms with Crippen LogP contribution in [0.15, 0.2) is 41.3 Å². The number of benzene rings is 2. The van der Waals surface area contributed by atoms with Crippen molar-refractivity contribution in [3.63, 3.8) is 0 Å². The Hall–Kier alpha value is -3.50. The molecule has 0 saturated carbocycles. The third-order valence-electron chi connectivity index (χ3n) is 4.50. The smallest absolute Gasteiger partial charge is 0.341 e. The first kappa shape index (κ1) is 24.1. The maximum absolute atomic E-state index is 12.8. The predicted molar refractivity (Wildman–Crippen MR) is 124 cm³/mol. The zero-order chi connectivity index (χ0) is 24.1. The van der Waals surface area contributed by atoms with Crippen molar-refractivity contribution in [2.24, 2.45) is 0 Å². The largest absolute Gasteiger partial charge is 0.493 e. The van der Waals surface area contributed by atoms with E-state index in [2.05, 4.69) is 5.32 Å². The van der Waals surface area contributed by atoms with Gasteiger partial charge in [-0.05, 0) is 48.5 Å². The van der Waals surface area contributed by atoms with Crippen LogP contribution in [0, 0.1) is 6.92 Å². The van der Waals surface area contributed by atoms with E-state index in [0.717, 1.165) is 10.5 Å². The van der Waals surface area contributed by atoms with Crippen molar-refractivity contribution in [1.82, 2.24) is 4.90 Å². The molecule has 0 spiro atoms. The Kier molecular flexibility index (Phi) is 7.62. The third-order valence-corrected chi connectivity index (χ3v) is 5.65. The number of nitrogens with one attached hydrogen (secondary N) is 1. The van der Waals surface area contributed by atoms with Crippen LogP contribution in [0.3, 0.4) is 0 Å². The molecule has 1 aliphatic heterocycles. The van der Waals surface area contributed by atoms with Gasteiger partial charge in [0.15, 0.2) is 18.1 Å². The van der Waals surface area contributed by atoms with Crippen molar-refractivity contribution in [3.8, 4) is 11.5 Å². The van der Waals surface area contributed by atoms with E-state index in [-0.39, 0.29) is 16.4 Å². The number of aliphatic carboxylic acids is 1. The number of carbonyl (C=O) groups is 4. The fourth-order valence-corrected chi connectivity index (χ4v) is 3.94. The number of thioether (sulfide) groups is 1. The molecule has 0 bridgehead atoms. The molecule has 1 aliphatic rings. The zero-order valence-corrected chi connectivity index (χ0v) is 19.2. The molecule has 11 heteroatoms. The Morgan fingerprint density at radius 3 is 2.70 bits per heavy atom. The van der Waals surface area contributed by atoms with Crippen molar-refractivity contribution < 1.29 is 33.8 Å². The summed E-state index contributed by atoms with van der Waals surface area (Å²) in [5, 5.41) is 11.4. The fourth-order valence-electron chi connectivity index (χ4n) is 2.94. The molecular formula is C22H19ClN2O7S. The van der Waals surface area contributed by atoms with Crippen LogP contribution in [-0.2, 0) is 14.4 Å². The third kappa shape index (κ3) is 5.85. The Bertz CT molecular complexity index is 1170. The Balaban J connectivity index is 1.79. The van der Waals surface area contributed by atoms with E-state index in [1.807, 2.05) is 0 Å². The number of rotatable bonds is 8. The lowest BCUT2D eigenvalue weighted by atomic mass is 10.1. The van der Waals surface area contributed by atoms with Gasteiger partial charge in [-0.2, -0.15) is 0 Å². The number of imide groups is 1. The van der Waals surface area contributed by atoms with Crippen LogP contribution in [0.2, 0.25) is 5.02 Å². The first-order chi connectivity index (χ1) is 15.7. The summed E-state index contributed by atoms with van der Waals surface area (Å²) in [6.45, 7) is 0.688. The molecule has 0 atom stereocenters. The molecule has 0 aromatic heterocycles. The van der Waals surface area contributed by atoms with Crippen LogP contribution in [-0.4, -0.2) is 53.3 Å². The molecule has 1 saturated heterocycles. The first-order valence-corrected chi connectivity index (χ1v) is 10.7. The lowest BCUT2D eigenvalue weighted by Gasteiger charge is -2.14. The van der Waals surface area contributed by atoms with E-state index < -0.39 is 36.2 Å². The van der Waals surface area contributed by atoms with Crippen molar-refractivity contribution >= 4 is 58.1 Å². The molecule has 2 aromatic carbocycles. The van der Waals surface area contributed by atoms with Gasteiger partial charge in [0.25, 0.3) is 11.1 Å². The van der Waals surface area contributed by atoms with E-state index >= 15 is 0 Å². The maximum Gasteiger partial charge on any atom is 0.341 e. The van der Waals surface area contributed by atoms with Crippen LogP contribution >= 0.6 is 23.4 Å². The SMILES string of the molecule is COc1cccc(/C=C2/SC(=O)N(CC(=O)Nc3cc(Cl)ccc3C)C2=O)c1OCC(=O)O. The summed E-state index contributed by atoms with van der Waals surface area (Å²) in [6, 6.07) is 9.78. The number of anilines is 1. The van der Waals surface area contributed by atoms with Gasteiger partial charge in [-0.15, -0.1) is 0 Å². The first-order valence-electron chi connectivity index (χ1n) is 9.52. The highest BCUT2D eigenvalue weighted by Crippen LogP contribution is 2.37. The number of carboxylic acids is 1. The number of methoxy groups -OCH3 is 1. The maximum atomic E-state index is 12.8. The summed E-state index contributed by atoms with van der Waals surface area (Å²) in [5.74, 6) is -2.03. The molecule has 0 unspecified atom stereocenters. The van der Waals surface area contributed by atoms with Gasteiger partial charge >= 0.3 is 5.97 Å². The predicted octanol–water partition coefficient (Wildman–Crippen LogP) is 3.80. The molecule has 2 N–H and O–H groups in total. The van der Waals surface area contributed by atoms with Crippen molar-refractivity contribution in [3.05, 3.63) is 57.5 Å². The van der Waals surface area contributed by atoms with Gasteiger partial charge in [-0.25, -0.2) is 4.79 Å². The highest BCUT2D eigenvalue weighted by molar-refractivity contribution is 8.18. The van der Waals surface area contributed by atoms with Crippen molar-refractivity contribution in [2.75, 3.05) is 25.6 Å². The van der Waals surface area contributed by atoms with Gasteiger partial charge in [-0.1, -0.05) is 29.8 Å². The standard InChI is InChI=1S/C22H19ClN2O7S/c1-12-6-7-14(23)9-15(12)24-18(26)10-25-21(29)17(33-22(25)30)8-13-4-3-5-16(31-2)20(13)32-11-19(27)28/h3-9H,10-11H2,1-2H3,(H,24,26)(H,27,28)/b17-8+. The Labute approximate surface area is 198 Å². The number of hydrogen-bond acceptors (Lipinski definition) is 7. The summed E-state index contributed by atoms with van der Waals surface area (Å²) in [7, 11) is 1.39. The number of ether oxygens (including phenoxy) is 2. The molecule has 1 heterocycles. The highest BCUT2D eigenvalue weighted by atomic mass is 35.5. The lowest BCUT2D eigenvalue weighted by Crippen LogP contribution is -2.36. The second kappa shape index (κ2) is 10.4. The van der Waals surface area contributed by atoms with E-state index in [9.17, 15) is 19.2 Å². The number of halogens is 1. The number of para-hydroxylation sites is 1. The van der Waals surface area contributed by atoms with Gasteiger partial charge in [0.2, 0.25) is 5.91 Å². The van der Waals surface area contributed by atoms with Gasteiger partial charge in [-0.3, -0.25) is 19.3 Å². The monoisotopic (exact) mass is 490 g/mol. The highest BCUT2D eigenvalue weighted by Gasteiger charge is 2.36.